The molecule has 1 aliphatic rings. The van der Waals surface area contributed by atoms with Crippen LogP contribution in [0, 0.1) is 24.0 Å². The molecule has 4 rings (SSSR count). The molecule has 0 fully saturated rings. The van der Waals surface area contributed by atoms with E-state index in [1.807, 2.05) is 26.0 Å². The van der Waals surface area contributed by atoms with E-state index >= 15 is 0 Å². The van der Waals surface area contributed by atoms with Gasteiger partial charge in [0.1, 0.15) is 5.56 Å². The average Bonchev–Trinajstić information content (AvgIpc) is 2.99. The number of allylic oxidation sites excluding steroid dienone is 2. The number of nitro groups is 1. The molecule has 2 N–H and O–H groups in total. The van der Waals surface area contributed by atoms with E-state index in [-0.39, 0.29) is 28.5 Å². The molecule has 1 aliphatic carbocycles. The van der Waals surface area contributed by atoms with Gasteiger partial charge in [-0.25, -0.2) is 4.68 Å². The Morgan fingerprint density at radius 3 is 2.53 bits per heavy atom. The molecule has 2 aromatic carbocycles. The van der Waals surface area contributed by atoms with E-state index in [0.29, 0.717) is 16.8 Å². The van der Waals surface area contributed by atoms with Crippen LogP contribution in [0.15, 0.2) is 47.3 Å². The predicted molar refractivity (Wildman–Crippen MR) is 113 cm³/mol. The SMILES string of the molecule is Cc1ccc(-n2[nH]c(=O)c(C=C3C(=O)C=Cc4cc([N+](=O)[O-])ccc43)c2O)cc1C. The first-order valence-electron chi connectivity index (χ1n) is 9.11. The third-order valence-electron chi connectivity index (χ3n) is 5.16. The maximum absolute atomic E-state index is 12.5. The van der Waals surface area contributed by atoms with Gasteiger partial charge in [0, 0.05) is 17.7 Å². The molecule has 0 amide bonds. The van der Waals surface area contributed by atoms with Crippen molar-refractivity contribution in [2.75, 3.05) is 0 Å². The molecule has 1 heterocycles. The molecule has 0 radical (unpaired) electrons. The Balaban J connectivity index is 1.85. The highest BCUT2D eigenvalue weighted by atomic mass is 16.6. The average molecular weight is 403 g/mol. The van der Waals surface area contributed by atoms with Crippen molar-refractivity contribution in [1.82, 2.24) is 9.78 Å². The lowest BCUT2D eigenvalue weighted by atomic mass is 9.90. The Hall–Kier alpha value is -4.20. The highest BCUT2D eigenvalue weighted by Gasteiger charge is 2.22. The third-order valence-corrected chi connectivity index (χ3v) is 5.16. The predicted octanol–water partition coefficient (Wildman–Crippen LogP) is 3.53. The van der Waals surface area contributed by atoms with Gasteiger partial charge in [0.25, 0.3) is 11.2 Å². The first kappa shape index (κ1) is 19.1. The number of hydrogen-bond acceptors (Lipinski definition) is 5. The molecule has 3 aromatic rings. The van der Waals surface area contributed by atoms with E-state index in [9.17, 15) is 24.8 Å². The highest BCUT2D eigenvalue weighted by Crippen LogP contribution is 2.32. The number of nitrogens with zero attached hydrogens (tertiary/aromatic N) is 2. The number of H-pyrrole nitrogens is 1. The van der Waals surface area contributed by atoms with Gasteiger partial charge in [-0.2, -0.15) is 0 Å². The summed E-state index contributed by atoms with van der Waals surface area (Å²) >= 11 is 0. The number of fused-ring (bicyclic) bond motifs is 1. The Labute approximate surface area is 170 Å². The minimum atomic E-state index is -0.566. The van der Waals surface area contributed by atoms with Crippen molar-refractivity contribution in [1.29, 1.82) is 0 Å². The summed E-state index contributed by atoms with van der Waals surface area (Å²) in [5.41, 5.74) is 2.99. The Morgan fingerprint density at radius 2 is 1.83 bits per heavy atom. The smallest absolute Gasteiger partial charge is 0.275 e. The van der Waals surface area contributed by atoms with Gasteiger partial charge in [-0.15, -0.1) is 0 Å². The molecule has 0 unspecified atom stereocenters. The summed E-state index contributed by atoms with van der Waals surface area (Å²) in [6.07, 6.45) is 4.08. The molecule has 0 aliphatic heterocycles. The third kappa shape index (κ3) is 3.14. The van der Waals surface area contributed by atoms with Gasteiger partial charge in [-0.3, -0.25) is 24.8 Å². The number of non-ortho nitro benzene ring substituents is 1. The number of rotatable bonds is 3. The van der Waals surface area contributed by atoms with Crippen molar-refractivity contribution in [3.05, 3.63) is 90.8 Å². The molecular weight excluding hydrogens is 386 g/mol. The lowest BCUT2D eigenvalue weighted by Gasteiger charge is -2.13. The zero-order valence-electron chi connectivity index (χ0n) is 16.2. The molecule has 0 saturated carbocycles. The van der Waals surface area contributed by atoms with Crippen LogP contribution in [0.25, 0.3) is 23.4 Å². The normalized spacial score (nSPS) is 14.2. The number of hydrogen-bond donors (Lipinski definition) is 2. The zero-order valence-corrected chi connectivity index (χ0v) is 16.2. The van der Waals surface area contributed by atoms with Crippen LogP contribution in [0.5, 0.6) is 5.88 Å². The molecule has 0 bridgehead atoms. The second-order valence-corrected chi connectivity index (χ2v) is 7.07. The van der Waals surface area contributed by atoms with Crippen LogP contribution in [0.3, 0.4) is 0 Å². The van der Waals surface area contributed by atoms with E-state index in [0.717, 1.165) is 11.1 Å². The number of aromatic nitrogens is 2. The molecule has 30 heavy (non-hydrogen) atoms. The van der Waals surface area contributed by atoms with Crippen LogP contribution in [-0.4, -0.2) is 25.6 Å². The van der Waals surface area contributed by atoms with Crippen molar-refractivity contribution in [3.8, 4) is 11.6 Å². The molecule has 0 spiro atoms. The molecule has 8 heteroatoms. The van der Waals surface area contributed by atoms with Gasteiger partial charge in [0.15, 0.2) is 5.78 Å². The number of aromatic amines is 1. The first-order valence-corrected chi connectivity index (χ1v) is 9.11. The first-order chi connectivity index (χ1) is 14.3. The van der Waals surface area contributed by atoms with E-state index in [4.69, 9.17) is 0 Å². The molecule has 150 valence electrons. The van der Waals surface area contributed by atoms with Crippen LogP contribution in [0.1, 0.15) is 27.8 Å². The highest BCUT2D eigenvalue weighted by molar-refractivity contribution is 6.33. The van der Waals surface area contributed by atoms with Crippen molar-refractivity contribution >= 4 is 29.2 Å². The van der Waals surface area contributed by atoms with Gasteiger partial charge in [0.05, 0.1) is 10.6 Å². The number of carbonyl (C=O) groups excluding carboxylic acids is 1. The minimum absolute atomic E-state index is 0.0730. The second-order valence-electron chi connectivity index (χ2n) is 7.07. The van der Waals surface area contributed by atoms with Crippen LogP contribution < -0.4 is 5.56 Å². The summed E-state index contributed by atoms with van der Waals surface area (Å²) < 4.78 is 1.25. The van der Waals surface area contributed by atoms with Crippen LogP contribution in [0.2, 0.25) is 0 Å². The fourth-order valence-electron chi connectivity index (χ4n) is 3.35. The van der Waals surface area contributed by atoms with Crippen molar-refractivity contribution in [3.63, 3.8) is 0 Å². The molecule has 8 nitrogen and oxygen atoms in total. The topological polar surface area (TPSA) is 118 Å². The van der Waals surface area contributed by atoms with Gasteiger partial charge < -0.3 is 5.11 Å². The monoisotopic (exact) mass is 403 g/mol. The summed E-state index contributed by atoms with van der Waals surface area (Å²) in [5.74, 6) is -0.698. The lowest BCUT2D eigenvalue weighted by molar-refractivity contribution is -0.384. The summed E-state index contributed by atoms with van der Waals surface area (Å²) in [5, 5.41) is 24.3. The fourth-order valence-corrected chi connectivity index (χ4v) is 3.35. The van der Waals surface area contributed by atoms with Gasteiger partial charge in [-0.05, 0) is 66.5 Å². The number of nitrogens with one attached hydrogen (secondary N) is 1. The Kier molecular flexibility index (Phi) is 4.46. The van der Waals surface area contributed by atoms with E-state index in [1.54, 1.807) is 6.07 Å². The standard InChI is InChI=1S/C22H17N3O5/c1-12-3-5-15(9-13(12)2)24-22(28)19(21(27)23-24)11-18-17-7-6-16(25(29)30)10-14(17)4-8-20(18)26/h3-11,28H,1-2H3,(H,23,27). The molecule has 0 saturated heterocycles. The molecule has 1 aromatic heterocycles. The minimum Gasteiger partial charge on any atom is -0.493 e. The van der Waals surface area contributed by atoms with E-state index in [2.05, 4.69) is 5.10 Å². The number of nitro benzene ring substituents is 1. The Bertz CT molecular complexity index is 1340. The van der Waals surface area contributed by atoms with E-state index < -0.39 is 10.5 Å². The molecular formula is C22H17N3O5. The van der Waals surface area contributed by atoms with Crippen LogP contribution in [-0.2, 0) is 4.79 Å². The number of carbonyl (C=O) groups is 1. The van der Waals surface area contributed by atoms with Gasteiger partial charge in [-0.1, -0.05) is 12.1 Å². The summed E-state index contributed by atoms with van der Waals surface area (Å²) in [6, 6.07) is 9.58. The summed E-state index contributed by atoms with van der Waals surface area (Å²) in [6.45, 7) is 3.88. The number of ketones is 1. The number of benzene rings is 2. The quantitative estimate of drug-likeness (QED) is 0.394. The van der Waals surface area contributed by atoms with Crippen LogP contribution >= 0.6 is 0 Å². The van der Waals surface area contributed by atoms with Crippen molar-refractivity contribution in [2.45, 2.75) is 13.8 Å². The zero-order chi connectivity index (χ0) is 21.6. The van der Waals surface area contributed by atoms with E-state index in [1.165, 1.54) is 41.1 Å². The molecule has 0 atom stereocenters. The second kappa shape index (κ2) is 7.00. The van der Waals surface area contributed by atoms with Crippen molar-refractivity contribution < 1.29 is 14.8 Å². The van der Waals surface area contributed by atoms with Gasteiger partial charge in [0.2, 0.25) is 5.88 Å². The van der Waals surface area contributed by atoms with Crippen LogP contribution in [0.4, 0.5) is 5.69 Å². The van der Waals surface area contributed by atoms with Gasteiger partial charge >= 0.3 is 0 Å². The number of aromatic hydroxyl groups is 1. The lowest BCUT2D eigenvalue weighted by Crippen LogP contribution is -2.08. The fraction of sp³-hybridized carbons (Fsp3) is 0.0909. The summed E-state index contributed by atoms with van der Waals surface area (Å²) in [7, 11) is 0. The Morgan fingerprint density at radius 1 is 1.07 bits per heavy atom. The maximum atomic E-state index is 12.5. The number of aryl methyl sites for hydroxylation is 2. The summed E-state index contributed by atoms with van der Waals surface area (Å²) in [4.78, 5) is 35.5. The largest absolute Gasteiger partial charge is 0.493 e. The maximum Gasteiger partial charge on any atom is 0.275 e. The van der Waals surface area contributed by atoms with Crippen molar-refractivity contribution in [2.24, 2.45) is 0 Å².